The number of nitro benzene ring substituents is 1. The third-order valence-electron chi connectivity index (χ3n) is 6.43. The monoisotopic (exact) mass is 489 g/mol. The third-order valence-corrected chi connectivity index (χ3v) is 6.43. The van der Waals surface area contributed by atoms with Crippen molar-refractivity contribution in [3.8, 4) is 11.5 Å². The van der Waals surface area contributed by atoms with E-state index in [4.69, 9.17) is 14.3 Å². The standard InChI is InChI=1S/C26H23N3O7/c1-15-8-7-11-17(12-15)27-25(30)22-23(18-13-20(34-2)21(35-3)14-19(18)29(32)33)28(36-24(22)26(27)31)16-9-5-4-6-10-16/h4-14,22-24H,1-3H3/t22-,23+,24-/m0/s1. The third kappa shape index (κ3) is 3.62. The highest BCUT2D eigenvalue weighted by Crippen LogP contribution is 2.51. The number of nitrogens with zero attached hydrogens (tertiary/aromatic N) is 3. The van der Waals surface area contributed by atoms with Gasteiger partial charge in [-0.05, 0) is 42.8 Å². The van der Waals surface area contributed by atoms with Crippen molar-refractivity contribution < 1.29 is 28.8 Å². The molecule has 10 heteroatoms. The van der Waals surface area contributed by atoms with E-state index >= 15 is 0 Å². The highest BCUT2D eigenvalue weighted by molar-refractivity contribution is 6.24. The fourth-order valence-electron chi connectivity index (χ4n) is 4.83. The van der Waals surface area contributed by atoms with Crippen LogP contribution in [0.5, 0.6) is 11.5 Å². The number of imide groups is 1. The van der Waals surface area contributed by atoms with Crippen molar-refractivity contribution >= 4 is 28.9 Å². The first-order chi connectivity index (χ1) is 17.3. The highest BCUT2D eigenvalue weighted by atomic mass is 16.7. The number of anilines is 2. The number of carbonyl (C=O) groups excluding carboxylic acids is 2. The Labute approximate surface area is 206 Å². The van der Waals surface area contributed by atoms with Crippen LogP contribution in [0.25, 0.3) is 0 Å². The largest absolute Gasteiger partial charge is 0.493 e. The summed E-state index contributed by atoms with van der Waals surface area (Å²) in [6, 6.07) is 17.6. The van der Waals surface area contributed by atoms with Crippen molar-refractivity contribution in [3.63, 3.8) is 0 Å². The van der Waals surface area contributed by atoms with Crippen LogP contribution >= 0.6 is 0 Å². The summed E-state index contributed by atoms with van der Waals surface area (Å²) in [5.41, 5.74) is 1.74. The van der Waals surface area contributed by atoms with E-state index in [0.29, 0.717) is 11.4 Å². The lowest BCUT2D eigenvalue weighted by Gasteiger charge is -2.29. The molecule has 3 atom stereocenters. The van der Waals surface area contributed by atoms with Crippen LogP contribution in [0.2, 0.25) is 0 Å². The summed E-state index contributed by atoms with van der Waals surface area (Å²) in [6.45, 7) is 1.86. The van der Waals surface area contributed by atoms with Gasteiger partial charge >= 0.3 is 0 Å². The summed E-state index contributed by atoms with van der Waals surface area (Å²) in [4.78, 5) is 46.1. The molecular weight excluding hydrogens is 466 g/mol. The second-order valence-corrected chi connectivity index (χ2v) is 8.53. The number of carbonyl (C=O) groups is 2. The van der Waals surface area contributed by atoms with Crippen molar-refractivity contribution in [1.29, 1.82) is 0 Å². The Bertz CT molecular complexity index is 1360. The number of rotatable bonds is 6. The van der Waals surface area contributed by atoms with E-state index in [1.54, 1.807) is 42.5 Å². The lowest BCUT2D eigenvalue weighted by atomic mass is 9.89. The Morgan fingerprint density at radius 1 is 0.889 bits per heavy atom. The van der Waals surface area contributed by atoms with Gasteiger partial charge in [-0.15, -0.1) is 0 Å². The van der Waals surface area contributed by atoms with Gasteiger partial charge in [0.2, 0.25) is 5.91 Å². The Hall–Kier alpha value is -4.44. The summed E-state index contributed by atoms with van der Waals surface area (Å²) in [5.74, 6) is -1.63. The summed E-state index contributed by atoms with van der Waals surface area (Å²) < 4.78 is 10.7. The number of benzene rings is 3. The van der Waals surface area contributed by atoms with Crippen LogP contribution in [-0.2, 0) is 14.4 Å². The van der Waals surface area contributed by atoms with E-state index in [9.17, 15) is 19.7 Å². The molecule has 184 valence electrons. The van der Waals surface area contributed by atoms with Gasteiger partial charge in [-0.25, -0.2) is 9.96 Å². The molecule has 2 aliphatic heterocycles. The zero-order chi connectivity index (χ0) is 25.6. The number of amides is 2. The minimum absolute atomic E-state index is 0.168. The number of para-hydroxylation sites is 1. The van der Waals surface area contributed by atoms with E-state index in [-0.39, 0.29) is 22.7 Å². The molecule has 0 aromatic heterocycles. The van der Waals surface area contributed by atoms with Crippen molar-refractivity contribution in [3.05, 3.63) is 88.0 Å². The summed E-state index contributed by atoms with van der Waals surface area (Å²) in [6.07, 6.45) is -1.16. The smallest absolute Gasteiger partial charge is 0.278 e. The maximum atomic E-state index is 13.8. The molecule has 0 spiro atoms. The predicted molar refractivity (Wildman–Crippen MR) is 130 cm³/mol. The Balaban J connectivity index is 1.69. The fourth-order valence-corrected chi connectivity index (χ4v) is 4.83. The van der Waals surface area contributed by atoms with E-state index in [1.807, 2.05) is 19.1 Å². The van der Waals surface area contributed by atoms with Crippen LogP contribution in [0.1, 0.15) is 17.2 Å². The number of nitro groups is 1. The van der Waals surface area contributed by atoms with Gasteiger partial charge in [0, 0.05) is 0 Å². The van der Waals surface area contributed by atoms with Crippen LogP contribution < -0.4 is 19.4 Å². The van der Waals surface area contributed by atoms with Gasteiger partial charge in [-0.3, -0.25) is 24.5 Å². The molecule has 10 nitrogen and oxygen atoms in total. The van der Waals surface area contributed by atoms with Gasteiger partial charge in [0.1, 0.15) is 12.0 Å². The van der Waals surface area contributed by atoms with Crippen LogP contribution in [0, 0.1) is 23.0 Å². The van der Waals surface area contributed by atoms with Crippen LogP contribution in [0.15, 0.2) is 66.7 Å². The Morgan fingerprint density at radius 3 is 2.19 bits per heavy atom. The first kappa shape index (κ1) is 23.3. The molecule has 0 bridgehead atoms. The molecule has 2 amide bonds. The summed E-state index contributed by atoms with van der Waals surface area (Å²) in [7, 11) is 2.80. The number of hydrogen-bond acceptors (Lipinski definition) is 8. The highest BCUT2D eigenvalue weighted by Gasteiger charge is 2.61. The Kier molecular flexibility index (Phi) is 5.81. The number of methoxy groups -OCH3 is 2. The number of aryl methyl sites for hydroxylation is 1. The topological polar surface area (TPSA) is 111 Å². The molecule has 3 aromatic rings. The number of fused-ring (bicyclic) bond motifs is 1. The number of ether oxygens (including phenoxy) is 2. The summed E-state index contributed by atoms with van der Waals surface area (Å²) in [5, 5.41) is 13.5. The molecule has 2 aliphatic rings. The maximum absolute atomic E-state index is 13.8. The first-order valence-electron chi connectivity index (χ1n) is 11.2. The Morgan fingerprint density at radius 2 is 1.56 bits per heavy atom. The molecular formula is C26H23N3O7. The molecule has 2 heterocycles. The molecule has 0 aliphatic carbocycles. The van der Waals surface area contributed by atoms with E-state index in [0.717, 1.165) is 10.5 Å². The molecule has 0 saturated carbocycles. The number of hydroxylamine groups is 1. The quantitative estimate of drug-likeness (QED) is 0.291. The predicted octanol–water partition coefficient (Wildman–Crippen LogP) is 3.97. The second-order valence-electron chi connectivity index (χ2n) is 8.53. The average Bonchev–Trinajstić information content (AvgIpc) is 3.39. The van der Waals surface area contributed by atoms with Gasteiger partial charge in [0.05, 0.1) is 42.1 Å². The van der Waals surface area contributed by atoms with Gasteiger partial charge < -0.3 is 9.47 Å². The lowest BCUT2D eigenvalue weighted by molar-refractivity contribution is -0.385. The van der Waals surface area contributed by atoms with Crippen molar-refractivity contribution in [1.82, 2.24) is 0 Å². The molecule has 2 saturated heterocycles. The average molecular weight is 489 g/mol. The second kappa shape index (κ2) is 8.97. The molecule has 0 radical (unpaired) electrons. The minimum atomic E-state index is -1.16. The molecule has 36 heavy (non-hydrogen) atoms. The van der Waals surface area contributed by atoms with Crippen molar-refractivity contribution in [2.75, 3.05) is 24.2 Å². The summed E-state index contributed by atoms with van der Waals surface area (Å²) >= 11 is 0. The molecule has 2 fully saturated rings. The number of hydrogen-bond donors (Lipinski definition) is 0. The van der Waals surface area contributed by atoms with E-state index in [2.05, 4.69) is 0 Å². The molecule has 3 aromatic carbocycles. The van der Waals surface area contributed by atoms with Gasteiger partial charge in [-0.2, -0.15) is 0 Å². The lowest BCUT2D eigenvalue weighted by Crippen LogP contribution is -2.37. The van der Waals surface area contributed by atoms with Crippen LogP contribution in [-0.4, -0.2) is 37.1 Å². The van der Waals surface area contributed by atoms with Crippen LogP contribution in [0.4, 0.5) is 17.1 Å². The minimum Gasteiger partial charge on any atom is -0.493 e. The van der Waals surface area contributed by atoms with Gasteiger partial charge in [0.15, 0.2) is 17.6 Å². The zero-order valence-corrected chi connectivity index (χ0v) is 19.8. The SMILES string of the molecule is COc1cc([C@@H]2[C@@H]3C(=O)N(c4cccc(C)c4)C(=O)[C@H]3ON2c2ccccc2)c([N+](=O)[O-])cc1OC. The maximum Gasteiger partial charge on any atom is 0.278 e. The van der Waals surface area contributed by atoms with E-state index in [1.165, 1.54) is 31.4 Å². The normalized spacial score (nSPS) is 21.0. The fraction of sp³-hybridized carbons (Fsp3) is 0.231. The van der Waals surface area contributed by atoms with E-state index < -0.39 is 34.8 Å². The zero-order valence-electron chi connectivity index (χ0n) is 19.8. The molecule has 0 N–H and O–H groups in total. The van der Waals surface area contributed by atoms with Crippen LogP contribution in [0.3, 0.4) is 0 Å². The van der Waals surface area contributed by atoms with Crippen molar-refractivity contribution in [2.24, 2.45) is 5.92 Å². The van der Waals surface area contributed by atoms with Crippen molar-refractivity contribution in [2.45, 2.75) is 19.1 Å². The van der Waals surface area contributed by atoms with Gasteiger partial charge in [-0.1, -0.05) is 30.3 Å². The first-order valence-corrected chi connectivity index (χ1v) is 11.2. The van der Waals surface area contributed by atoms with Gasteiger partial charge in [0.25, 0.3) is 11.6 Å². The molecule has 5 rings (SSSR count). The molecule has 0 unspecified atom stereocenters.